The molecule has 1 atom stereocenters. The van der Waals surface area contributed by atoms with E-state index in [9.17, 15) is 23.5 Å². The smallest absolute Gasteiger partial charge is 0.387 e. The van der Waals surface area contributed by atoms with Gasteiger partial charge in [-0.2, -0.15) is 8.78 Å². The van der Waals surface area contributed by atoms with Gasteiger partial charge in [0.15, 0.2) is 5.75 Å². The Morgan fingerprint density at radius 2 is 2.06 bits per heavy atom. The minimum Gasteiger partial charge on any atom is -0.477 e. The lowest BCUT2D eigenvalue weighted by Crippen LogP contribution is -2.35. The van der Waals surface area contributed by atoms with E-state index in [1.807, 2.05) is 12.3 Å². The Kier molecular flexibility index (Phi) is 4.58. The number of halogens is 2. The van der Waals surface area contributed by atoms with E-state index in [0.29, 0.717) is 17.7 Å². The number of benzene rings is 1. The number of fused-ring (bicyclic) bond motifs is 2. The number of aromatic carboxylic acids is 1. The van der Waals surface area contributed by atoms with Gasteiger partial charge in [-0.05, 0) is 38.0 Å². The molecule has 0 amide bonds. The molecular weight excluding hydrogens is 408 g/mol. The summed E-state index contributed by atoms with van der Waals surface area (Å²) in [5, 5.41) is 12.9. The van der Waals surface area contributed by atoms with E-state index >= 15 is 0 Å². The lowest BCUT2D eigenvalue weighted by atomic mass is 10.0. The predicted molar refractivity (Wildman–Crippen MR) is 110 cm³/mol. The molecule has 9 heteroatoms. The molecule has 7 nitrogen and oxygen atoms in total. The zero-order valence-electron chi connectivity index (χ0n) is 16.8. The van der Waals surface area contributed by atoms with E-state index in [2.05, 4.69) is 16.8 Å². The van der Waals surface area contributed by atoms with Crippen LogP contribution in [0.25, 0.3) is 22.0 Å². The van der Waals surface area contributed by atoms with Gasteiger partial charge in [-0.3, -0.25) is 4.79 Å². The highest BCUT2D eigenvalue weighted by molar-refractivity contribution is 5.97. The van der Waals surface area contributed by atoms with Crippen LogP contribution in [0.4, 0.5) is 8.78 Å². The molecule has 1 aliphatic heterocycles. The molecule has 0 radical (unpaired) electrons. The monoisotopic (exact) mass is 429 g/mol. The number of nitrogens with zero attached hydrogens (tertiary/aromatic N) is 2. The summed E-state index contributed by atoms with van der Waals surface area (Å²) in [6, 6.07) is 5.22. The minimum absolute atomic E-state index is 0.0521. The number of nitrogens with one attached hydrogen (secondary N) is 1. The molecule has 2 N–H and O–H groups in total. The fourth-order valence-electron chi connectivity index (χ4n) is 4.31. The van der Waals surface area contributed by atoms with E-state index in [-0.39, 0.29) is 34.3 Å². The fourth-order valence-corrected chi connectivity index (χ4v) is 4.31. The third-order valence-corrected chi connectivity index (χ3v) is 5.92. The number of hydrogen-bond acceptors (Lipinski definition) is 4. The van der Waals surface area contributed by atoms with Crippen LogP contribution in [-0.4, -0.2) is 32.9 Å². The second-order valence-electron chi connectivity index (χ2n) is 8.19. The molecule has 2 aliphatic rings. The van der Waals surface area contributed by atoms with Crippen molar-refractivity contribution in [3.63, 3.8) is 0 Å². The average Bonchev–Trinajstić information content (AvgIpc) is 3.47. The molecule has 2 aromatic heterocycles. The second kappa shape index (κ2) is 7.19. The third kappa shape index (κ3) is 3.38. The maximum absolute atomic E-state index is 13.5. The Morgan fingerprint density at radius 1 is 1.29 bits per heavy atom. The molecule has 0 spiro atoms. The summed E-state index contributed by atoms with van der Waals surface area (Å²) >= 11 is 0. The lowest BCUT2D eigenvalue weighted by molar-refractivity contribution is -0.0486. The first kappa shape index (κ1) is 19.7. The van der Waals surface area contributed by atoms with Crippen LogP contribution < -0.4 is 15.5 Å². The van der Waals surface area contributed by atoms with Crippen molar-refractivity contribution >= 4 is 16.9 Å². The molecule has 3 aromatic rings. The van der Waals surface area contributed by atoms with Crippen molar-refractivity contribution in [3.05, 3.63) is 52.1 Å². The molecular formula is C22H21F2N3O4. The first-order valence-electron chi connectivity index (χ1n) is 10.2. The highest BCUT2D eigenvalue weighted by Gasteiger charge is 2.30. The van der Waals surface area contributed by atoms with Gasteiger partial charge in [-0.25, -0.2) is 4.79 Å². The molecule has 0 saturated heterocycles. The summed E-state index contributed by atoms with van der Waals surface area (Å²) in [5.74, 6) is -1.44. The Hall–Kier alpha value is -3.20. The van der Waals surface area contributed by atoms with Crippen LogP contribution in [0, 0.1) is 0 Å². The molecule has 31 heavy (non-hydrogen) atoms. The summed E-state index contributed by atoms with van der Waals surface area (Å²) < 4.78 is 35.6. The fraction of sp³-hybridized carbons (Fsp3) is 0.364. The zero-order valence-corrected chi connectivity index (χ0v) is 16.8. The van der Waals surface area contributed by atoms with Crippen molar-refractivity contribution in [1.29, 1.82) is 0 Å². The Morgan fingerprint density at radius 3 is 2.74 bits per heavy atom. The van der Waals surface area contributed by atoms with Gasteiger partial charge in [0.2, 0.25) is 5.43 Å². The summed E-state index contributed by atoms with van der Waals surface area (Å²) in [4.78, 5) is 24.4. The summed E-state index contributed by atoms with van der Waals surface area (Å²) in [6.07, 6.45) is 4.71. The topological polar surface area (TPSA) is 85.5 Å². The van der Waals surface area contributed by atoms with Gasteiger partial charge in [0.25, 0.3) is 0 Å². The molecule has 1 fully saturated rings. The normalized spacial score (nSPS) is 18.4. The number of carboxylic acid groups (broad SMARTS) is 1. The maximum Gasteiger partial charge on any atom is 0.387 e. The predicted octanol–water partition coefficient (Wildman–Crippen LogP) is 3.60. The largest absolute Gasteiger partial charge is 0.477 e. The van der Waals surface area contributed by atoms with Gasteiger partial charge in [0.05, 0.1) is 10.9 Å². The number of rotatable bonds is 5. The first-order chi connectivity index (χ1) is 14.8. The number of carboxylic acids is 1. The van der Waals surface area contributed by atoms with Crippen LogP contribution >= 0.6 is 0 Å². The van der Waals surface area contributed by atoms with Crippen LogP contribution in [0.5, 0.6) is 5.75 Å². The molecule has 5 rings (SSSR count). The van der Waals surface area contributed by atoms with E-state index in [1.54, 1.807) is 10.6 Å². The van der Waals surface area contributed by atoms with Crippen LogP contribution in [0.3, 0.4) is 0 Å². The second-order valence-corrected chi connectivity index (χ2v) is 8.19. The van der Waals surface area contributed by atoms with Crippen molar-refractivity contribution in [2.24, 2.45) is 0 Å². The molecule has 1 saturated carbocycles. The third-order valence-electron chi connectivity index (χ3n) is 5.92. The van der Waals surface area contributed by atoms with Crippen molar-refractivity contribution in [2.75, 3.05) is 0 Å². The van der Waals surface area contributed by atoms with E-state index < -0.39 is 18.0 Å². The molecule has 0 unspecified atom stereocenters. The van der Waals surface area contributed by atoms with Gasteiger partial charge >= 0.3 is 12.6 Å². The van der Waals surface area contributed by atoms with Gasteiger partial charge in [0.1, 0.15) is 5.56 Å². The van der Waals surface area contributed by atoms with Crippen LogP contribution in [0.15, 0.2) is 35.4 Å². The van der Waals surface area contributed by atoms with Crippen molar-refractivity contribution in [2.45, 2.75) is 51.6 Å². The molecule has 162 valence electrons. The Bertz CT molecular complexity index is 1260. The standard InChI is InChI=1S/C22H21F2N3O4/c1-11-8-26-9-12(6-14(26)7-25-11)15-4-5-16-18(20(15)31-22(23)24)27(13-2-3-13)10-17(19(16)28)21(29)30/h4-6,9-11,13,22,25H,2-3,7-8H2,1H3,(H,29,30)/t11-/m0/s1. The van der Waals surface area contributed by atoms with Crippen molar-refractivity contribution in [3.8, 4) is 16.9 Å². The molecule has 1 aliphatic carbocycles. The molecule has 3 heterocycles. The summed E-state index contributed by atoms with van der Waals surface area (Å²) in [6.45, 7) is 0.389. The average molecular weight is 429 g/mol. The minimum atomic E-state index is -3.09. The number of aromatic nitrogens is 2. The van der Waals surface area contributed by atoms with Crippen LogP contribution in [-0.2, 0) is 13.1 Å². The Balaban J connectivity index is 1.78. The highest BCUT2D eigenvalue weighted by Crippen LogP contribution is 2.43. The van der Waals surface area contributed by atoms with E-state index in [1.165, 1.54) is 12.3 Å². The first-order valence-corrected chi connectivity index (χ1v) is 10.2. The number of carbonyl (C=O) groups is 1. The van der Waals surface area contributed by atoms with E-state index in [0.717, 1.165) is 25.1 Å². The SMILES string of the molecule is C[C@H]1Cn2cc(-c3ccc4c(=O)c(C(=O)O)cn(C5CC5)c4c3OC(F)F)cc2CN1. The number of ether oxygens (including phenoxy) is 1. The number of alkyl halides is 2. The quantitative estimate of drug-likeness (QED) is 0.648. The Labute approximate surface area is 175 Å². The highest BCUT2D eigenvalue weighted by atomic mass is 19.3. The molecule has 1 aromatic carbocycles. The lowest BCUT2D eigenvalue weighted by Gasteiger charge is -2.22. The summed E-state index contributed by atoms with van der Waals surface area (Å²) in [5.41, 5.74) is 1.30. The maximum atomic E-state index is 13.5. The number of hydrogen-bond donors (Lipinski definition) is 2. The van der Waals surface area contributed by atoms with Crippen molar-refractivity contribution < 1.29 is 23.4 Å². The van der Waals surface area contributed by atoms with Gasteiger partial charge < -0.3 is 24.3 Å². The van der Waals surface area contributed by atoms with Gasteiger partial charge in [0, 0.05) is 54.4 Å². The number of pyridine rings is 1. The van der Waals surface area contributed by atoms with Gasteiger partial charge in [-0.1, -0.05) is 0 Å². The van der Waals surface area contributed by atoms with Crippen molar-refractivity contribution in [1.82, 2.24) is 14.5 Å². The molecule has 0 bridgehead atoms. The zero-order chi connectivity index (χ0) is 21.9. The van der Waals surface area contributed by atoms with Gasteiger partial charge in [-0.15, -0.1) is 0 Å². The summed E-state index contributed by atoms with van der Waals surface area (Å²) in [7, 11) is 0. The van der Waals surface area contributed by atoms with Crippen LogP contribution in [0.2, 0.25) is 0 Å². The van der Waals surface area contributed by atoms with E-state index in [4.69, 9.17) is 4.74 Å². The van der Waals surface area contributed by atoms with Crippen LogP contribution in [0.1, 0.15) is 41.9 Å².